The third-order valence-electron chi connectivity index (χ3n) is 4.36. The number of rotatable bonds is 9. The number of fused-ring (bicyclic) bond motifs is 1. The van der Waals surface area contributed by atoms with Gasteiger partial charge in [-0.2, -0.15) is 0 Å². The molecular formula is C17H30N2S. The van der Waals surface area contributed by atoms with E-state index >= 15 is 0 Å². The Morgan fingerprint density at radius 1 is 1.15 bits per heavy atom. The number of unbranched alkanes of at least 4 members (excludes halogenated alkanes) is 3. The van der Waals surface area contributed by atoms with Crippen molar-refractivity contribution in [1.82, 2.24) is 10.3 Å². The first-order chi connectivity index (χ1) is 9.69. The SMILES string of the molecule is CCCCCCC(C)(NCCC)c1nc2c(s1)CCC2. The molecule has 20 heavy (non-hydrogen) atoms. The Morgan fingerprint density at radius 3 is 2.70 bits per heavy atom. The maximum Gasteiger partial charge on any atom is 0.113 e. The number of hydrogen-bond acceptors (Lipinski definition) is 3. The van der Waals surface area contributed by atoms with Crippen molar-refractivity contribution in [2.24, 2.45) is 0 Å². The highest BCUT2D eigenvalue weighted by molar-refractivity contribution is 7.12. The second kappa shape index (κ2) is 7.56. The molecule has 1 atom stereocenters. The zero-order valence-corrected chi connectivity index (χ0v) is 14.2. The Bertz CT molecular complexity index is 392. The molecule has 0 saturated carbocycles. The van der Waals surface area contributed by atoms with Gasteiger partial charge in [-0.05, 0) is 45.6 Å². The van der Waals surface area contributed by atoms with Crippen LogP contribution in [0.25, 0.3) is 0 Å². The van der Waals surface area contributed by atoms with E-state index in [1.54, 1.807) is 4.88 Å². The van der Waals surface area contributed by atoms with Gasteiger partial charge in [0.2, 0.25) is 0 Å². The summed E-state index contributed by atoms with van der Waals surface area (Å²) in [5.41, 5.74) is 1.49. The molecule has 3 heteroatoms. The third kappa shape index (κ3) is 3.82. The normalized spacial score (nSPS) is 17.1. The lowest BCUT2D eigenvalue weighted by atomic mass is 9.94. The molecule has 114 valence electrons. The molecule has 0 aromatic carbocycles. The van der Waals surface area contributed by atoms with Gasteiger partial charge in [-0.15, -0.1) is 11.3 Å². The molecule has 0 spiro atoms. The first-order valence-corrected chi connectivity index (χ1v) is 9.25. The van der Waals surface area contributed by atoms with E-state index in [0.29, 0.717) is 0 Å². The zero-order chi connectivity index (χ0) is 14.4. The van der Waals surface area contributed by atoms with Gasteiger partial charge in [-0.1, -0.05) is 39.5 Å². The van der Waals surface area contributed by atoms with Gasteiger partial charge in [0.15, 0.2) is 0 Å². The van der Waals surface area contributed by atoms with Gasteiger partial charge in [-0.25, -0.2) is 4.98 Å². The average Bonchev–Trinajstić information content (AvgIpc) is 3.03. The van der Waals surface area contributed by atoms with Crippen molar-refractivity contribution in [3.05, 3.63) is 15.6 Å². The average molecular weight is 295 g/mol. The van der Waals surface area contributed by atoms with E-state index in [1.165, 1.54) is 68.5 Å². The predicted octanol–water partition coefficient (Wildman–Crippen LogP) is 4.82. The van der Waals surface area contributed by atoms with E-state index in [4.69, 9.17) is 4.98 Å². The Hall–Kier alpha value is -0.410. The van der Waals surface area contributed by atoms with Crippen LogP contribution in [0.15, 0.2) is 0 Å². The van der Waals surface area contributed by atoms with Gasteiger partial charge in [-0.3, -0.25) is 0 Å². The van der Waals surface area contributed by atoms with E-state index in [0.717, 1.165) is 6.54 Å². The molecule has 2 rings (SSSR count). The summed E-state index contributed by atoms with van der Waals surface area (Å²) >= 11 is 1.97. The lowest BCUT2D eigenvalue weighted by Crippen LogP contribution is -2.40. The quantitative estimate of drug-likeness (QED) is 0.661. The van der Waals surface area contributed by atoms with Crippen molar-refractivity contribution in [3.8, 4) is 0 Å². The minimum Gasteiger partial charge on any atom is -0.306 e. The fraction of sp³-hybridized carbons (Fsp3) is 0.824. The maximum absolute atomic E-state index is 4.97. The lowest BCUT2D eigenvalue weighted by molar-refractivity contribution is 0.325. The molecule has 1 aromatic rings. The third-order valence-corrected chi connectivity index (χ3v) is 5.78. The molecule has 1 unspecified atom stereocenters. The van der Waals surface area contributed by atoms with Gasteiger partial charge in [0.25, 0.3) is 0 Å². The predicted molar refractivity (Wildman–Crippen MR) is 88.5 cm³/mol. The Morgan fingerprint density at radius 2 is 2.00 bits per heavy atom. The van der Waals surface area contributed by atoms with Crippen molar-refractivity contribution >= 4 is 11.3 Å². The van der Waals surface area contributed by atoms with E-state index < -0.39 is 0 Å². The first-order valence-electron chi connectivity index (χ1n) is 8.43. The van der Waals surface area contributed by atoms with Gasteiger partial charge in [0, 0.05) is 4.88 Å². The van der Waals surface area contributed by atoms with Gasteiger partial charge in [0.05, 0.1) is 11.2 Å². The summed E-state index contributed by atoms with van der Waals surface area (Å²) in [5, 5.41) is 5.12. The van der Waals surface area contributed by atoms with Crippen LogP contribution in [0.1, 0.15) is 81.3 Å². The summed E-state index contributed by atoms with van der Waals surface area (Å²) in [6.45, 7) is 7.98. The zero-order valence-electron chi connectivity index (χ0n) is 13.4. The summed E-state index contributed by atoms with van der Waals surface area (Å²) in [7, 11) is 0. The molecule has 1 N–H and O–H groups in total. The second-order valence-corrected chi connectivity index (χ2v) is 7.40. The molecule has 0 fully saturated rings. The summed E-state index contributed by atoms with van der Waals surface area (Å²) in [6, 6.07) is 0. The van der Waals surface area contributed by atoms with E-state index in [9.17, 15) is 0 Å². The molecule has 0 amide bonds. The van der Waals surface area contributed by atoms with Crippen molar-refractivity contribution in [1.29, 1.82) is 0 Å². The number of hydrogen-bond donors (Lipinski definition) is 1. The lowest BCUT2D eigenvalue weighted by Gasteiger charge is -2.29. The Balaban J connectivity index is 2.04. The number of thiazole rings is 1. The largest absolute Gasteiger partial charge is 0.306 e. The van der Waals surface area contributed by atoms with Crippen LogP contribution in [0.5, 0.6) is 0 Å². The van der Waals surface area contributed by atoms with E-state index in [-0.39, 0.29) is 5.54 Å². The van der Waals surface area contributed by atoms with Crippen molar-refractivity contribution in [2.45, 2.75) is 84.1 Å². The van der Waals surface area contributed by atoms with Crippen LogP contribution in [0.2, 0.25) is 0 Å². The van der Waals surface area contributed by atoms with Gasteiger partial charge >= 0.3 is 0 Å². The minimum atomic E-state index is 0.0960. The van der Waals surface area contributed by atoms with Crippen LogP contribution < -0.4 is 5.32 Å². The molecule has 1 aliphatic rings. The van der Waals surface area contributed by atoms with Gasteiger partial charge < -0.3 is 5.32 Å². The van der Waals surface area contributed by atoms with Crippen molar-refractivity contribution in [2.75, 3.05) is 6.54 Å². The summed E-state index contributed by atoms with van der Waals surface area (Å²) in [5.74, 6) is 0. The highest BCUT2D eigenvalue weighted by Crippen LogP contribution is 2.35. The van der Waals surface area contributed by atoms with Crippen LogP contribution >= 0.6 is 11.3 Å². The Kier molecular flexibility index (Phi) is 6.03. The maximum atomic E-state index is 4.97. The molecule has 0 bridgehead atoms. The molecule has 1 heterocycles. The van der Waals surface area contributed by atoms with Crippen LogP contribution in [-0.2, 0) is 18.4 Å². The summed E-state index contributed by atoms with van der Waals surface area (Å²) in [6.07, 6.45) is 11.5. The first kappa shape index (κ1) is 16.0. The fourth-order valence-corrected chi connectivity index (χ4v) is 4.30. The fourth-order valence-electron chi connectivity index (χ4n) is 3.00. The molecule has 0 radical (unpaired) electrons. The van der Waals surface area contributed by atoms with Crippen LogP contribution in [0.4, 0.5) is 0 Å². The number of aromatic nitrogens is 1. The molecule has 2 nitrogen and oxygen atoms in total. The van der Waals surface area contributed by atoms with Crippen LogP contribution in [-0.4, -0.2) is 11.5 Å². The van der Waals surface area contributed by atoms with Crippen LogP contribution in [0.3, 0.4) is 0 Å². The molecule has 1 aliphatic carbocycles. The molecular weight excluding hydrogens is 264 g/mol. The van der Waals surface area contributed by atoms with Crippen LogP contribution in [0, 0.1) is 0 Å². The highest BCUT2D eigenvalue weighted by Gasteiger charge is 2.31. The Labute approximate surface area is 128 Å². The highest BCUT2D eigenvalue weighted by atomic mass is 32.1. The molecule has 1 aromatic heterocycles. The van der Waals surface area contributed by atoms with Gasteiger partial charge in [0.1, 0.15) is 5.01 Å². The second-order valence-electron chi connectivity index (χ2n) is 6.31. The van der Waals surface area contributed by atoms with E-state index in [1.807, 2.05) is 11.3 Å². The summed E-state index contributed by atoms with van der Waals surface area (Å²) in [4.78, 5) is 6.52. The molecule has 0 saturated heterocycles. The van der Waals surface area contributed by atoms with E-state index in [2.05, 4.69) is 26.1 Å². The summed E-state index contributed by atoms with van der Waals surface area (Å²) < 4.78 is 0. The van der Waals surface area contributed by atoms with Crippen molar-refractivity contribution < 1.29 is 0 Å². The monoisotopic (exact) mass is 294 g/mol. The minimum absolute atomic E-state index is 0.0960. The number of nitrogens with zero attached hydrogens (tertiary/aromatic N) is 1. The number of aryl methyl sites for hydroxylation is 2. The molecule has 0 aliphatic heterocycles. The standard InChI is InChI=1S/C17H30N2S/c1-4-6-7-8-12-17(3,18-13-5-2)16-19-14-10-9-11-15(14)20-16/h18H,4-13H2,1-3H3. The smallest absolute Gasteiger partial charge is 0.113 e. The van der Waals surface area contributed by atoms with Crippen molar-refractivity contribution in [3.63, 3.8) is 0 Å². The number of nitrogens with one attached hydrogen (secondary N) is 1. The topological polar surface area (TPSA) is 24.9 Å².